The van der Waals surface area contributed by atoms with Crippen LogP contribution in [0.25, 0.3) is 0 Å². The fourth-order valence-corrected chi connectivity index (χ4v) is 2.31. The van der Waals surface area contributed by atoms with E-state index in [4.69, 9.17) is 10.5 Å². The van der Waals surface area contributed by atoms with Crippen LogP contribution in [0.5, 0.6) is 0 Å². The van der Waals surface area contributed by atoms with Crippen LogP contribution in [0.15, 0.2) is 24.3 Å². The minimum atomic E-state index is -0.844. The molecule has 0 spiro atoms. The van der Waals surface area contributed by atoms with E-state index in [-0.39, 0.29) is 18.4 Å². The van der Waals surface area contributed by atoms with E-state index >= 15 is 0 Å². The molecule has 1 aromatic carbocycles. The zero-order valence-electron chi connectivity index (χ0n) is 11.8. The van der Waals surface area contributed by atoms with Gasteiger partial charge in [-0.25, -0.2) is 0 Å². The van der Waals surface area contributed by atoms with Crippen molar-refractivity contribution < 1.29 is 14.6 Å². The summed E-state index contributed by atoms with van der Waals surface area (Å²) in [6.45, 7) is 3.17. The number of anilines is 1. The standard InChI is InChI=1S/C15H22N2O3/c1-11(12-3-2-4-13(16)9-12)14(18)17-10-15(19)5-7-20-8-6-15/h2-4,9,11,19H,5-8,10,16H2,1H3,(H,17,18). The van der Waals surface area contributed by atoms with Crippen LogP contribution in [-0.2, 0) is 9.53 Å². The summed E-state index contributed by atoms with van der Waals surface area (Å²) < 4.78 is 5.22. The first-order chi connectivity index (χ1) is 9.50. The van der Waals surface area contributed by atoms with Crippen molar-refractivity contribution in [2.75, 3.05) is 25.5 Å². The van der Waals surface area contributed by atoms with E-state index in [1.165, 1.54) is 0 Å². The summed E-state index contributed by atoms with van der Waals surface area (Å²) in [7, 11) is 0. The second-order valence-corrected chi connectivity index (χ2v) is 5.45. The van der Waals surface area contributed by atoms with E-state index in [1.54, 1.807) is 12.1 Å². The molecule has 0 radical (unpaired) electrons. The molecule has 1 aliphatic heterocycles. The molecule has 0 aliphatic carbocycles. The van der Waals surface area contributed by atoms with Crippen LogP contribution < -0.4 is 11.1 Å². The van der Waals surface area contributed by atoms with Crippen molar-refractivity contribution in [2.45, 2.75) is 31.3 Å². The van der Waals surface area contributed by atoms with Gasteiger partial charge in [0.25, 0.3) is 0 Å². The maximum atomic E-state index is 12.1. The van der Waals surface area contributed by atoms with Crippen molar-refractivity contribution in [3.05, 3.63) is 29.8 Å². The molecule has 2 rings (SSSR count). The highest BCUT2D eigenvalue weighted by Gasteiger charge is 2.30. The molecule has 1 heterocycles. The molecule has 4 N–H and O–H groups in total. The lowest BCUT2D eigenvalue weighted by Crippen LogP contribution is -2.47. The molecule has 1 fully saturated rings. The molecule has 1 saturated heterocycles. The molecular formula is C15H22N2O3. The van der Waals surface area contributed by atoms with E-state index in [9.17, 15) is 9.90 Å². The Hall–Kier alpha value is -1.59. The lowest BCUT2D eigenvalue weighted by Gasteiger charge is -2.32. The Morgan fingerprint density at radius 1 is 1.50 bits per heavy atom. The van der Waals surface area contributed by atoms with Crippen molar-refractivity contribution in [2.24, 2.45) is 0 Å². The number of aliphatic hydroxyl groups is 1. The number of rotatable bonds is 4. The molecule has 1 amide bonds. The lowest BCUT2D eigenvalue weighted by atomic mass is 9.93. The number of benzene rings is 1. The number of carbonyl (C=O) groups is 1. The van der Waals surface area contributed by atoms with Gasteiger partial charge in [0, 0.05) is 38.3 Å². The van der Waals surface area contributed by atoms with Gasteiger partial charge >= 0.3 is 0 Å². The van der Waals surface area contributed by atoms with Crippen LogP contribution in [-0.4, -0.2) is 36.4 Å². The molecule has 1 unspecified atom stereocenters. The Morgan fingerprint density at radius 3 is 2.85 bits per heavy atom. The zero-order chi connectivity index (χ0) is 14.6. The molecule has 5 heteroatoms. The SMILES string of the molecule is CC(C(=O)NCC1(O)CCOCC1)c1cccc(N)c1. The van der Waals surface area contributed by atoms with E-state index in [2.05, 4.69) is 5.32 Å². The summed E-state index contributed by atoms with van der Waals surface area (Å²) >= 11 is 0. The van der Waals surface area contributed by atoms with Crippen molar-refractivity contribution >= 4 is 11.6 Å². The van der Waals surface area contributed by atoms with Gasteiger partial charge in [-0.1, -0.05) is 12.1 Å². The average Bonchev–Trinajstić information content (AvgIpc) is 2.45. The number of carbonyl (C=O) groups excluding carboxylic acids is 1. The van der Waals surface area contributed by atoms with Crippen molar-refractivity contribution in [1.29, 1.82) is 0 Å². The first-order valence-electron chi connectivity index (χ1n) is 6.93. The lowest BCUT2D eigenvalue weighted by molar-refractivity contribution is -0.125. The van der Waals surface area contributed by atoms with Crippen LogP contribution >= 0.6 is 0 Å². The number of hydrogen-bond acceptors (Lipinski definition) is 4. The Kier molecular flexibility index (Phi) is 4.62. The van der Waals surface area contributed by atoms with Crippen molar-refractivity contribution in [1.82, 2.24) is 5.32 Å². The molecule has 1 aromatic rings. The number of nitrogens with two attached hydrogens (primary N) is 1. The van der Waals surface area contributed by atoms with Gasteiger partial charge < -0.3 is 20.9 Å². The van der Waals surface area contributed by atoms with Crippen molar-refractivity contribution in [3.63, 3.8) is 0 Å². The second-order valence-electron chi connectivity index (χ2n) is 5.45. The molecule has 1 atom stereocenters. The van der Waals surface area contributed by atoms with Gasteiger partial charge in [0.15, 0.2) is 0 Å². The third-order valence-corrected chi connectivity index (χ3v) is 3.82. The van der Waals surface area contributed by atoms with Gasteiger partial charge in [-0.15, -0.1) is 0 Å². The first-order valence-corrected chi connectivity index (χ1v) is 6.93. The molecular weight excluding hydrogens is 256 g/mol. The summed E-state index contributed by atoms with van der Waals surface area (Å²) in [6.07, 6.45) is 1.11. The molecule has 1 aliphatic rings. The molecule has 110 valence electrons. The fourth-order valence-electron chi connectivity index (χ4n) is 2.31. The van der Waals surface area contributed by atoms with Crippen LogP contribution in [0.1, 0.15) is 31.2 Å². The average molecular weight is 278 g/mol. The topological polar surface area (TPSA) is 84.6 Å². The second kappa shape index (κ2) is 6.24. The predicted molar refractivity (Wildman–Crippen MR) is 77.3 cm³/mol. The van der Waals surface area contributed by atoms with Crippen LogP contribution in [0, 0.1) is 0 Å². The highest BCUT2D eigenvalue weighted by Crippen LogP contribution is 2.21. The number of amides is 1. The smallest absolute Gasteiger partial charge is 0.227 e. The summed E-state index contributed by atoms with van der Waals surface area (Å²) in [5, 5.41) is 13.1. The quantitative estimate of drug-likeness (QED) is 0.718. The van der Waals surface area contributed by atoms with E-state index in [1.807, 2.05) is 19.1 Å². The normalized spacial score (nSPS) is 19.3. The summed E-state index contributed by atoms with van der Waals surface area (Å²) in [5.74, 6) is -0.391. The fraction of sp³-hybridized carbons (Fsp3) is 0.533. The summed E-state index contributed by atoms with van der Waals surface area (Å²) in [6, 6.07) is 7.30. The van der Waals surface area contributed by atoms with Gasteiger partial charge in [-0.05, 0) is 24.6 Å². The van der Waals surface area contributed by atoms with E-state index in [0.29, 0.717) is 31.7 Å². The zero-order valence-corrected chi connectivity index (χ0v) is 11.8. The maximum Gasteiger partial charge on any atom is 0.227 e. The third-order valence-electron chi connectivity index (χ3n) is 3.82. The number of nitrogens with one attached hydrogen (secondary N) is 1. The van der Waals surface area contributed by atoms with Gasteiger partial charge in [-0.3, -0.25) is 4.79 Å². The maximum absolute atomic E-state index is 12.1. The molecule has 5 nitrogen and oxygen atoms in total. The van der Waals surface area contributed by atoms with Gasteiger partial charge in [0.1, 0.15) is 0 Å². The Bertz CT molecular complexity index is 470. The summed E-state index contributed by atoms with van der Waals surface area (Å²) in [4.78, 5) is 12.1. The van der Waals surface area contributed by atoms with Gasteiger partial charge in [0.05, 0.1) is 11.5 Å². The first kappa shape index (κ1) is 14.8. The molecule has 20 heavy (non-hydrogen) atoms. The van der Waals surface area contributed by atoms with Crippen molar-refractivity contribution in [3.8, 4) is 0 Å². The predicted octanol–water partition coefficient (Wildman–Crippen LogP) is 1.03. The minimum absolute atomic E-state index is 0.101. The highest BCUT2D eigenvalue weighted by atomic mass is 16.5. The van der Waals surface area contributed by atoms with Gasteiger partial charge in [0.2, 0.25) is 5.91 Å². The third kappa shape index (κ3) is 3.71. The minimum Gasteiger partial charge on any atom is -0.399 e. The number of ether oxygens (including phenoxy) is 1. The summed E-state index contributed by atoms with van der Waals surface area (Å²) in [5.41, 5.74) is 6.40. The molecule has 0 saturated carbocycles. The molecule has 0 aromatic heterocycles. The monoisotopic (exact) mass is 278 g/mol. The van der Waals surface area contributed by atoms with Crippen LogP contribution in [0.3, 0.4) is 0 Å². The number of hydrogen-bond donors (Lipinski definition) is 3. The van der Waals surface area contributed by atoms with E-state index < -0.39 is 5.60 Å². The van der Waals surface area contributed by atoms with E-state index in [0.717, 1.165) is 5.56 Å². The highest BCUT2D eigenvalue weighted by molar-refractivity contribution is 5.83. The van der Waals surface area contributed by atoms with Crippen LogP contribution in [0.4, 0.5) is 5.69 Å². The Balaban J connectivity index is 1.91. The largest absolute Gasteiger partial charge is 0.399 e. The molecule has 0 bridgehead atoms. The van der Waals surface area contributed by atoms with Gasteiger partial charge in [-0.2, -0.15) is 0 Å². The van der Waals surface area contributed by atoms with Crippen LogP contribution in [0.2, 0.25) is 0 Å². The number of nitrogen functional groups attached to an aromatic ring is 1. The Labute approximate surface area is 119 Å². The Morgan fingerprint density at radius 2 is 2.20 bits per heavy atom.